The van der Waals surface area contributed by atoms with Crippen LogP contribution in [0.5, 0.6) is 0 Å². The van der Waals surface area contributed by atoms with Crippen LogP contribution in [0.15, 0.2) is 28.9 Å². The van der Waals surface area contributed by atoms with Gasteiger partial charge in [-0.3, -0.25) is 0 Å². The third kappa shape index (κ3) is 1.50. The van der Waals surface area contributed by atoms with Crippen molar-refractivity contribution in [3.8, 4) is 0 Å². The Hall–Kier alpha value is -0.800. The molecule has 0 bridgehead atoms. The average molecular weight is 279 g/mol. The minimum atomic E-state index is 0.669. The molecule has 0 radical (unpaired) electrons. The first-order valence-corrected chi connectivity index (χ1v) is 6.51. The van der Waals surface area contributed by atoms with E-state index in [-0.39, 0.29) is 0 Å². The predicted octanol–water partition coefficient (Wildman–Crippen LogP) is 3.02. The highest BCUT2D eigenvalue weighted by atomic mass is 79.9. The van der Waals surface area contributed by atoms with Crippen molar-refractivity contribution in [3.05, 3.63) is 34.4 Å². The Morgan fingerprint density at radius 3 is 3.06 bits per heavy atom. The molecule has 3 rings (SSSR count). The van der Waals surface area contributed by atoms with Crippen LogP contribution in [0.2, 0.25) is 0 Å². The van der Waals surface area contributed by atoms with Crippen molar-refractivity contribution >= 4 is 26.8 Å². The second kappa shape index (κ2) is 3.90. The van der Waals surface area contributed by atoms with Crippen molar-refractivity contribution < 1.29 is 0 Å². The smallest absolute Gasteiger partial charge is 0.0492 e. The molecule has 2 heterocycles. The molecular weight excluding hydrogens is 264 g/mol. The Morgan fingerprint density at radius 1 is 1.44 bits per heavy atom. The molecule has 16 heavy (non-hydrogen) atoms. The molecule has 0 aliphatic carbocycles. The van der Waals surface area contributed by atoms with E-state index in [1.165, 1.54) is 27.4 Å². The average Bonchev–Trinajstić information content (AvgIpc) is 2.88. The van der Waals surface area contributed by atoms with Gasteiger partial charge in [0.15, 0.2) is 0 Å². The minimum absolute atomic E-state index is 0.669. The summed E-state index contributed by atoms with van der Waals surface area (Å²) in [6.07, 6.45) is 3.40. The van der Waals surface area contributed by atoms with Crippen LogP contribution in [0.4, 0.5) is 0 Å². The van der Waals surface area contributed by atoms with Gasteiger partial charge in [-0.05, 0) is 46.4 Å². The minimum Gasteiger partial charge on any atom is -0.349 e. The van der Waals surface area contributed by atoms with Gasteiger partial charge in [-0.25, -0.2) is 0 Å². The lowest BCUT2D eigenvalue weighted by molar-refractivity contribution is 0.770. The van der Waals surface area contributed by atoms with Crippen molar-refractivity contribution in [1.82, 2.24) is 9.88 Å². The second-order valence-corrected chi connectivity index (χ2v) is 5.37. The molecule has 1 aromatic carbocycles. The molecule has 1 saturated heterocycles. The van der Waals surface area contributed by atoms with Crippen molar-refractivity contribution in [2.45, 2.75) is 12.3 Å². The summed E-state index contributed by atoms with van der Waals surface area (Å²) in [4.78, 5) is 0. The molecule has 1 atom stereocenters. The van der Waals surface area contributed by atoms with Gasteiger partial charge in [-0.2, -0.15) is 0 Å². The molecule has 1 aromatic heterocycles. The highest BCUT2D eigenvalue weighted by Crippen LogP contribution is 2.34. The lowest BCUT2D eigenvalue weighted by Gasteiger charge is -2.11. The fourth-order valence-electron chi connectivity index (χ4n) is 2.68. The van der Waals surface area contributed by atoms with Gasteiger partial charge in [0.25, 0.3) is 0 Å². The van der Waals surface area contributed by atoms with Crippen LogP contribution in [0.1, 0.15) is 17.9 Å². The van der Waals surface area contributed by atoms with E-state index in [1.807, 2.05) is 0 Å². The van der Waals surface area contributed by atoms with Gasteiger partial charge >= 0.3 is 0 Å². The Balaban J connectivity index is 2.23. The second-order valence-electron chi connectivity index (χ2n) is 4.52. The first-order valence-electron chi connectivity index (χ1n) is 5.71. The van der Waals surface area contributed by atoms with E-state index in [4.69, 9.17) is 0 Å². The van der Waals surface area contributed by atoms with Crippen LogP contribution in [0.25, 0.3) is 10.9 Å². The number of aryl methyl sites for hydroxylation is 1. The van der Waals surface area contributed by atoms with Gasteiger partial charge in [0.2, 0.25) is 0 Å². The normalized spacial score (nSPS) is 20.8. The number of aromatic nitrogens is 1. The number of fused-ring (bicyclic) bond motifs is 1. The van der Waals surface area contributed by atoms with Crippen molar-refractivity contribution in [3.63, 3.8) is 0 Å². The van der Waals surface area contributed by atoms with Crippen LogP contribution in [-0.4, -0.2) is 17.7 Å². The highest BCUT2D eigenvalue weighted by molar-refractivity contribution is 9.10. The maximum Gasteiger partial charge on any atom is 0.0492 e. The zero-order chi connectivity index (χ0) is 11.1. The topological polar surface area (TPSA) is 17.0 Å². The van der Waals surface area contributed by atoms with E-state index in [0.717, 1.165) is 13.1 Å². The number of hydrogen-bond acceptors (Lipinski definition) is 1. The number of benzene rings is 1. The SMILES string of the molecule is Cn1cc(Br)c2c(C3CCNC3)cccc21. The van der Waals surface area contributed by atoms with Gasteiger partial charge in [-0.1, -0.05) is 12.1 Å². The Labute approximate surface area is 104 Å². The summed E-state index contributed by atoms with van der Waals surface area (Å²) in [5.41, 5.74) is 2.80. The first kappa shape index (κ1) is 10.4. The lowest BCUT2D eigenvalue weighted by Crippen LogP contribution is -2.08. The Kier molecular flexibility index (Phi) is 2.52. The lowest BCUT2D eigenvalue weighted by atomic mass is 9.95. The van der Waals surface area contributed by atoms with Crippen LogP contribution < -0.4 is 5.32 Å². The molecule has 1 aliphatic rings. The van der Waals surface area contributed by atoms with E-state index in [9.17, 15) is 0 Å². The van der Waals surface area contributed by atoms with Crippen LogP contribution >= 0.6 is 15.9 Å². The van der Waals surface area contributed by atoms with Gasteiger partial charge in [0.1, 0.15) is 0 Å². The van der Waals surface area contributed by atoms with Crippen LogP contribution in [0.3, 0.4) is 0 Å². The standard InChI is InChI=1S/C13H15BrN2/c1-16-8-11(14)13-10(3-2-4-12(13)16)9-5-6-15-7-9/h2-4,8-9,15H,5-7H2,1H3. The van der Waals surface area contributed by atoms with E-state index in [1.54, 1.807) is 0 Å². The molecule has 1 aliphatic heterocycles. The van der Waals surface area contributed by atoms with E-state index >= 15 is 0 Å². The summed E-state index contributed by atoms with van der Waals surface area (Å²) in [6, 6.07) is 6.62. The van der Waals surface area contributed by atoms with E-state index in [0.29, 0.717) is 5.92 Å². The van der Waals surface area contributed by atoms with Crippen molar-refractivity contribution in [2.24, 2.45) is 7.05 Å². The zero-order valence-electron chi connectivity index (χ0n) is 9.33. The van der Waals surface area contributed by atoms with Crippen LogP contribution in [0, 0.1) is 0 Å². The summed E-state index contributed by atoms with van der Waals surface area (Å²) in [7, 11) is 2.10. The molecule has 1 unspecified atom stereocenters. The Bertz CT molecular complexity index is 524. The molecule has 1 N–H and O–H groups in total. The molecule has 84 valence electrons. The van der Waals surface area contributed by atoms with Crippen molar-refractivity contribution in [1.29, 1.82) is 0 Å². The number of nitrogens with zero attached hydrogens (tertiary/aromatic N) is 1. The third-order valence-corrected chi connectivity index (χ3v) is 4.10. The van der Waals surface area contributed by atoms with Gasteiger partial charge in [0.05, 0.1) is 0 Å². The molecule has 0 saturated carbocycles. The Morgan fingerprint density at radius 2 is 2.31 bits per heavy atom. The molecule has 0 amide bonds. The largest absolute Gasteiger partial charge is 0.349 e. The summed E-state index contributed by atoms with van der Waals surface area (Å²) in [5, 5.41) is 4.83. The molecule has 3 heteroatoms. The fourth-order valence-corrected chi connectivity index (χ4v) is 3.42. The molecule has 2 aromatic rings. The summed E-state index contributed by atoms with van der Waals surface area (Å²) >= 11 is 3.67. The first-order chi connectivity index (χ1) is 7.77. The van der Waals surface area contributed by atoms with Gasteiger partial charge in [-0.15, -0.1) is 0 Å². The summed E-state index contributed by atoms with van der Waals surface area (Å²) in [5.74, 6) is 0.669. The van der Waals surface area contributed by atoms with E-state index in [2.05, 4.69) is 57.3 Å². The summed E-state index contributed by atoms with van der Waals surface area (Å²) < 4.78 is 3.40. The van der Waals surface area contributed by atoms with Gasteiger partial charge < -0.3 is 9.88 Å². The molecular formula is C13H15BrN2. The molecule has 2 nitrogen and oxygen atoms in total. The monoisotopic (exact) mass is 278 g/mol. The maximum absolute atomic E-state index is 3.67. The molecule has 1 fully saturated rings. The third-order valence-electron chi connectivity index (χ3n) is 3.50. The quantitative estimate of drug-likeness (QED) is 0.849. The van der Waals surface area contributed by atoms with Crippen LogP contribution in [-0.2, 0) is 7.05 Å². The van der Waals surface area contributed by atoms with Gasteiger partial charge in [0, 0.05) is 35.2 Å². The highest BCUT2D eigenvalue weighted by Gasteiger charge is 2.20. The fraction of sp³-hybridized carbons (Fsp3) is 0.385. The van der Waals surface area contributed by atoms with E-state index < -0.39 is 0 Å². The number of nitrogens with one attached hydrogen (secondary N) is 1. The number of halogens is 1. The predicted molar refractivity (Wildman–Crippen MR) is 70.8 cm³/mol. The molecule has 0 spiro atoms. The number of rotatable bonds is 1. The maximum atomic E-state index is 3.67. The van der Waals surface area contributed by atoms with Crippen molar-refractivity contribution in [2.75, 3.05) is 13.1 Å². The number of hydrogen-bond donors (Lipinski definition) is 1. The summed E-state index contributed by atoms with van der Waals surface area (Å²) in [6.45, 7) is 2.26. The zero-order valence-corrected chi connectivity index (χ0v) is 10.9.